The van der Waals surface area contributed by atoms with Crippen molar-refractivity contribution >= 4 is 29.6 Å². The molecule has 1 saturated carbocycles. The molecule has 1 aliphatic heterocycles. The number of hydrogen-bond donors (Lipinski definition) is 2. The van der Waals surface area contributed by atoms with Gasteiger partial charge >= 0.3 is 6.03 Å². The molecule has 1 saturated heterocycles. The number of carbonyl (C=O) groups is 3. The number of imidazole rings is 1. The van der Waals surface area contributed by atoms with Crippen molar-refractivity contribution < 1.29 is 14.4 Å². The first kappa shape index (κ1) is 21.4. The molecule has 1 spiro atoms. The Morgan fingerprint density at radius 2 is 1.90 bits per heavy atom. The Morgan fingerprint density at radius 3 is 2.58 bits per heavy atom. The van der Waals surface area contributed by atoms with Gasteiger partial charge in [-0.2, -0.15) is 5.01 Å². The van der Waals surface area contributed by atoms with Gasteiger partial charge in [-0.1, -0.05) is 24.8 Å². The van der Waals surface area contributed by atoms with Crippen LogP contribution in [0.4, 0.5) is 4.79 Å². The van der Waals surface area contributed by atoms with E-state index in [9.17, 15) is 14.4 Å². The number of hydrazine groups is 1. The van der Waals surface area contributed by atoms with E-state index in [1.165, 1.54) is 11.8 Å². The van der Waals surface area contributed by atoms with Crippen LogP contribution in [0.2, 0.25) is 0 Å². The number of imide groups is 1. The molecule has 1 aromatic heterocycles. The molecule has 8 nitrogen and oxygen atoms in total. The summed E-state index contributed by atoms with van der Waals surface area (Å²) in [6.07, 6.45) is 6.50. The SMILES string of the molecule is Cc1cc(C)cc(-n2ccnc2SCC(=O)NN2C(=O)NC3(CCC(C)CC3)C2=O)c1. The zero-order valence-electron chi connectivity index (χ0n) is 18.0. The highest BCUT2D eigenvalue weighted by molar-refractivity contribution is 7.99. The molecule has 4 amide bonds. The maximum atomic E-state index is 12.9. The van der Waals surface area contributed by atoms with E-state index >= 15 is 0 Å². The average Bonchev–Trinajstić information content (AvgIpc) is 3.27. The highest BCUT2D eigenvalue weighted by Crippen LogP contribution is 2.35. The van der Waals surface area contributed by atoms with Crippen molar-refractivity contribution in [3.8, 4) is 5.69 Å². The lowest BCUT2D eigenvalue weighted by Gasteiger charge is -2.33. The molecule has 9 heteroatoms. The van der Waals surface area contributed by atoms with Crippen LogP contribution in [0.1, 0.15) is 43.7 Å². The Labute approximate surface area is 185 Å². The van der Waals surface area contributed by atoms with Crippen LogP contribution in [-0.4, -0.2) is 43.7 Å². The fourth-order valence-corrected chi connectivity index (χ4v) is 5.05. The molecular weight excluding hydrogens is 414 g/mol. The van der Waals surface area contributed by atoms with Gasteiger partial charge < -0.3 is 5.32 Å². The molecule has 0 unspecified atom stereocenters. The predicted octanol–water partition coefficient (Wildman–Crippen LogP) is 3.11. The lowest BCUT2D eigenvalue weighted by molar-refractivity contribution is -0.139. The van der Waals surface area contributed by atoms with Gasteiger partial charge in [0.25, 0.3) is 5.91 Å². The molecule has 164 valence electrons. The van der Waals surface area contributed by atoms with Gasteiger partial charge in [0.05, 0.1) is 5.75 Å². The number of amides is 4. The first-order chi connectivity index (χ1) is 14.8. The second-order valence-electron chi connectivity index (χ2n) is 8.58. The van der Waals surface area contributed by atoms with E-state index in [1.54, 1.807) is 6.20 Å². The molecule has 2 aliphatic rings. The van der Waals surface area contributed by atoms with Crippen molar-refractivity contribution in [2.24, 2.45) is 5.92 Å². The summed E-state index contributed by atoms with van der Waals surface area (Å²) in [6, 6.07) is 5.64. The van der Waals surface area contributed by atoms with Gasteiger partial charge in [0.2, 0.25) is 5.91 Å². The summed E-state index contributed by atoms with van der Waals surface area (Å²) >= 11 is 1.25. The van der Waals surface area contributed by atoms with E-state index in [0.29, 0.717) is 23.9 Å². The monoisotopic (exact) mass is 441 g/mol. The number of carbonyl (C=O) groups excluding carboxylic acids is 3. The van der Waals surface area contributed by atoms with E-state index in [4.69, 9.17) is 0 Å². The standard InChI is InChI=1S/C22H27N5O3S/c1-14-4-6-22(7-5-14)19(29)27(20(30)24-22)25-18(28)13-31-21-23-8-9-26(21)17-11-15(2)10-16(3)12-17/h8-12,14H,4-7,13H2,1-3H3,(H,24,30)(H,25,28). The van der Waals surface area contributed by atoms with Gasteiger partial charge in [-0.15, -0.1) is 0 Å². The van der Waals surface area contributed by atoms with Gasteiger partial charge in [0, 0.05) is 18.1 Å². The number of thioether (sulfide) groups is 1. The summed E-state index contributed by atoms with van der Waals surface area (Å²) in [5.74, 6) is -0.219. The van der Waals surface area contributed by atoms with Crippen LogP contribution in [-0.2, 0) is 9.59 Å². The maximum absolute atomic E-state index is 12.9. The third-order valence-corrected chi connectivity index (χ3v) is 6.92. The molecule has 2 N–H and O–H groups in total. The highest BCUT2D eigenvalue weighted by atomic mass is 32.2. The predicted molar refractivity (Wildman–Crippen MR) is 118 cm³/mol. The molecule has 0 radical (unpaired) electrons. The number of benzene rings is 1. The van der Waals surface area contributed by atoms with Crippen molar-refractivity contribution in [2.45, 2.75) is 57.1 Å². The van der Waals surface area contributed by atoms with Gasteiger partial charge in [-0.3, -0.25) is 19.6 Å². The Bertz CT molecular complexity index is 1010. The van der Waals surface area contributed by atoms with Gasteiger partial charge in [-0.25, -0.2) is 9.78 Å². The molecule has 1 aliphatic carbocycles. The highest BCUT2D eigenvalue weighted by Gasteiger charge is 2.52. The smallest absolute Gasteiger partial charge is 0.322 e. The fourth-order valence-electron chi connectivity index (χ4n) is 4.29. The Balaban J connectivity index is 1.39. The number of nitrogens with zero attached hydrogens (tertiary/aromatic N) is 3. The van der Waals surface area contributed by atoms with Gasteiger partial charge in [0.15, 0.2) is 5.16 Å². The number of hydrogen-bond acceptors (Lipinski definition) is 5. The molecule has 2 aromatic rings. The zero-order valence-corrected chi connectivity index (χ0v) is 18.8. The third-order valence-electron chi connectivity index (χ3n) is 5.95. The summed E-state index contributed by atoms with van der Waals surface area (Å²) in [4.78, 5) is 42.1. The molecule has 31 heavy (non-hydrogen) atoms. The number of nitrogens with one attached hydrogen (secondary N) is 2. The largest absolute Gasteiger partial charge is 0.344 e. The van der Waals surface area contributed by atoms with Crippen molar-refractivity contribution in [2.75, 3.05) is 5.75 Å². The minimum absolute atomic E-state index is 0.0307. The van der Waals surface area contributed by atoms with Crippen molar-refractivity contribution in [3.05, 3.63) is 41.7 Å². The Hall–Kier alpha value is -2.81. The summed E-state index contributed by atoms with van der Waals surface area (Å²) in [5, 5.41) is 4.31. The van der Waals surface area contributed by atoms with Crippen LogP contribution in [0.25, 0.3) is 5.69 Å². The van der Waals surface area contributed by atoms with Gasteiger partial charge in [-0.05, 0) is 68.7 Å². The van der Waals surface area contributed by atoms with E-state index in [2.05, 4.69) is 40.8 Å². The van der Waals surface area contributed by atoms with Crippen molar-refractivity contribution in [1.29, 1.82) is 0 Å². The molecule has 0 bridgehead atoms. The van der Waals surface area contributed by atoms with Crippen LogP contribution in [0.15, 0.2) is 35.7 Å². The number of aromatic nitrogens is 2. The minimum atomic E-state index is -0.872. The molecule has 4 rings (SSSR count). The van der Waals surface area contributed by atoms with E-state index in [-0.39, 0.29) is 11.7 Å². The molecule has 2 fully saturated rings. The zero-order chi connectivity index (χ0) is 22.2. The molecule has 1 aromatic carbocycles. The molecule has 0 atom stereocenters. The summed E-state index contributed by atoms with van der Waals surface area (Å²) in [5.41, 5.74) is 4.86. The second-order valence-corrected chi connectivity index (χ2v) is 9.53. The molecule has 2 heterocycles. The van der Waals surface area contributed by atoms with Crippen LogP contribution < -0.4 is 10.7 Å². The number of rotatable bonds is 5. The normalized spacial score (nSPS) is 23.3. The first-order valence-corrected chi connectivity index (χ1v) is 11.5. The van der Waals surface area contributed by atoms with E-state index in [0.717, 1.165) is 34.7 Å². The maximum Gasteiger partial charge on any atom is 0.344 e. The van der Waals surface area contributed by atoms with Crippen LogP contribution in [0.3, 0.4) is 0 Å². The Kier molecular flexibility index (Phi) is 5.79. The third kappa shape index (κ3) is 4.32. The number of urea groups is 1. The summed E-state index contributed by atoms with van der Waals surface area (Å²) in [6.45, 7) is 6.21. The van der Waals surface area contributed by atoms with Crippen LogP contribution in [0, 0.1) is 19.8 Å². The first-order valence-electron chi connectivity index (χ1n) is 10.5. The second kappa shape index (κ2) is 8.37. The fraction of sp³-hybridized carbons (Fsp3) is 0.455. The number of aryl methyl sites for hydroxylation is 2. The topological polar surface area (TPSA) is 96.3 Å². The summed E-state index contributed by atoms with van der Waals surface area (Å²) in [7, 11) is 0. The lowest BCUT2D eigenvalue weighted by Crippen LogP contribution is -2.51. The Morgan fingerprint density at radius 1 is 1.23 bits per heavy atom. The van der Waals surface area contributed by atoms with Crippen molar-refractivity contribution in [3.63, 3.8) is 0 Å². The van der Waals surface area contributed by atoms with Gasteiger partial charge in [0.1, 0.15) is 5.54 Å². The minimum Gasteiger partial charge on any atom is -0.322 e. The lowest BCUT2D eigenvalue weighted by atomic mass is 9.77. The average molecular weight is 442 g/mol. The quantitative estimate of drug-likeness (QED) is 0.549. The van der Waals surface area contributed by atoms with Crippen molar-refractivity contribution in [1.82, 2.24) is 25.3 Å². The van der Waals surface area contributed by atoms with Crippen LogP contribution >= 0.6 is 11.8 Å². The van der Waals surface area contributed by atoms with E-state index < -0.39 is 17.5 Å². The molecular formula is C22H27N5O3S. The van der Waals surface area contributed by atoms with Crippen LogP contribution in [0.5, 0.6) is 0 Å². The summed E-state index contributed by atoms with van der Waals surface area (Å²) < 4.78 is 1.92. The van der Waals surface area contributed by atoms with E-state index in [1.807, 2.05) is 24.6 Å².